The van der Waals surface area contributed by atoms with E-state index in [0.717, 1.165) is 16.2 Å². The van der Waals surface area contributed by atoms with Crippen LogP contribution in [0.2, 0.25) is 0 Å². The molecule has 0 spiro atoms. The van der Waals surface area contributed by atoms with Crippen LogP contribution in [0.3, 0.4) is 0 Å². The maximum atomic E-state index is 13.8. The van der Waals surface area contributed by atoms with Crippen molar-refractivity contribution in [1.82, 2.24) is 9.38 Å². The second-order valence-corrected chi connectivity index (χ2v) is 5.37. The Kier molecular flexibility index (Phi) is 3.42. The van der Waals surface area contributed by atoms with Gasteiger partial charge in [0.15, 0.2) is 16.5 Å². The van der Waals surface area contributed by atoms with Crippen LogP contribution in [-0.2, 0) is 6.42 Å². The summed E-state index contributed by atoms with van der Waals surface area (Å²) in [6, 6.07) is 4.76. The first-order chi connectivity index (χ1) is 9.69. The van der Waals surface area contributed by atoms with Gasteiger partial charge in [0.25, 0.3) is 0 Å². The number of hydrogen-bond acceptors (Lipinski definition) is 4. The van der Waals surface area contributed by atoms with Crippen LogP contribution >= 0.6 is 11.3 Å². The zero-order valence-electron chi connectivity index (χ0n) is 11.0. The second kappa shape index (κ2) is 5.22. The van der Waals surface area contributed by atoms with Gasteiger partial charge >= 0.3 is 0 Å². The molecule has 2 N–H and O–H groups in total. The average molecular weight is 291 g/mol. The standard InChI is InChI=1S/C14H14FN3OS/c1-9-2-3-10(15)12(8-9)19-13-11(4-5-16)18-6-7-20-14(18)17-13/h2-3,6-8H,4-5,16H2,1H3. The van der Waals surface area contributed by atoms with E-state index in [1.807, 2.05) is 22.9 Å². The highest BCUT2D eigenvalue weighted by atomic mass is 32.1. The predicted octanol–water partition coefficient (Wildman–Crippen LogP) is 3.14. The Hall–Kier alpha value is -1.92. The van der Waals surface area contributed by atoms with Gasteiger partial charge in [-0.1, -0.05) is 6.07 Å². The van der Waals surface area contributed by atoms with Crippen molar-refractivity contribution in [1.29, 1.82) is 0 Å². The van der Waals surface area contributed by atoms with Gasteiger partial charge in [-0.2, -0.15) is 4.98 Å². The third-order valence-corrected chi connectivity index (χ3v) is 3.76. The van der Waals surface area contributed by atoms with Gasteiger partial charge in [-0.05, 0) is 31.2 Å². The molecule has 0 amide bonds. The van der Waals surface area contributed by atoms with Crippen molar-refractivity contribution in [3.8, 4) is 11.6 Å². The molecule has 6 heteroatoms. The van der Waals surface area contributed by atoms with E-state index in [4.69, 9.17) is 10.5 Å². The summed E-state index contributed by atoms with van der Waals surface area (Å²) in [4.78, 5) is 5.21. The van der Waals surface area contributed by atoms with Gasteiger partial charge in [-0.15, -0.1) is 11.3 Å². The van der Waals surface area contributed by atoms with Gasteiger partial charge in [-0.25, -0.2) is 4.39 Å². The summed E-state index contributed by atoms with van der Waals surface area (Å²) in [7, 11) is 0. The Morgan fingerprint density at radius 1 is 1.45 bits per heavy atom. The van der Waals surface area contributed by atoms with Crippen LogP contribution in [-0.4, -0.2) is 15.9 Å². The number of halogens is 1. The minimum Gasteiger partial charge on any atom is -0.434 e. The van der Waals surface area contributed by atoms with Crippen molar-refractivity contribution in [2.75, 3.05) is 6.54 Å². The van der Waals surface area contributed by atoms with E-state index in [1.54, 1.807) is 12.1 Å². The van der Waals surface area contributed by atoms with Crippen LogP contribution in [0, 0.1) is 12.7 Å². The van der Waals surface area contributed by atoms with Crippen molar-refractivity contribution in [2.24, 2.45) is 5.73 Å². The van der Waals surface area contributed by atoms with E-state index >= 15 is 0 Å². The molecule has 0 atom stereocenters. The van der Waals surface area contributed by atoms with Crippen LogP contribution in [0.5, 0.6) is 11.6 Å². The summed E-state index contributed by atoms with van der Waals surface area (Å²) < 4.78 is 21.4. The number of thiazole rings is 1. The van der Waals surface area contributed by atoms with Gasteiger partial charge in [0.05, 0.1) is 5.69 Å². The van der Waals surface area contributed by atoms with Crippen LogP contribution in [0.15, 0.2) is 29.8 Å². The fraction of sp³-hybridized carbons (Fsp3) is 0.214. The molecule has 3 rings (SSSR count). The summed E-state index contributed by atoms with van der Waals surface area (Å²) in [6.45, 7) is 2.37. The van der Waals surface area contributed by atoms with Gasteiger partial charge in [0, 0.05) is 18.0 Å². The minimum atomic E-state index is -0.398. The molecule has 0 unspecified atom stereocenters. The Morgan fingerprint density at radius 2 is 2.30 bits per heavy atom. The Labute approximate surface area is 119 Å². The lowest BCUT2D eigenvalue weighted by Crippen LogP contribution is -2.06. The number of imidazole rings is 1. The molecule has 4 nitrogen and oxygen atoms in total. The van der Waals surface area contributed by atoms with Gasteiger partial charge in [0.1, 0.15) is 0 Å². The first-order valence-electron chi connectivity index (χ1n) is 6.27. The Morgan fingerprint density at radius 3 is 3.10 bits per heavy atom. The number of nitrogens with two attached hydrogens (primary N) is 1. The SMILES string of the molecule is Cc1ccc(F)c(Oc2nc3sccn3c2CCN)c1. The predicted molar refractivity (Wildman–Crippen MR) is 77.0 cm³/mol. The second-order valence-electron chi connectivity index (χ2n) is 4.49. The van der Waals surface area contributed by atoms with E-state index in [2.05, 4.69) is 4.98 Å². The topological polar surface area (TPSA) is 52.5 Å². The molecule has 0 radical (unpaired) electrons. The molecule has 0 bridgehead atoms. The highest BCUT2D eigenvalue weighted by Gasteiger charge is 2.16. The maximum absolute atomic E-state index is 13.8. The van der Waals surface area contributed by atoms with Crippen molar-refractivity contribution in [2.45, 2.75) is 13.3 Å². The third kappa shape index (κ3) is 2.28. The number of ether oxygens (including phenoxy) is 1. The lowest BCUT2D eigenvalue weighted by atomic mass is 10.2. The molecule has 0 aliphatic heterocycles. The van der Waals surface area contributed by atoms with Crippen LogP contribution in [0.1, 0.15) is 11.3 Å². The van der Waals surface area contributed by atoms with Crippen LogP contribution in [0.25, 0.3) is 4.96 Å². The first kappa shape index (κ1) is 13.1. The molecule has 0 aliphatic rings. The quantitative estimate of drug-likeness (QED) is 0.803. The molecule has 0 aliphatic carbocycles. The number of fused-ring (bicyclic) bond motifs is 1. The third-order valence-electron chi connectivity index (χ3n) is 3.00. The van der Waals surface area contributed by atoms with Crippen LogP contribution in [0.4, 0.5) is 4.39 Å². The highest BCUT2D eigenvalue weighted by molar-refractivity contribution is 7.15. The van der Waals surface area contributed by atoms with E-state index in [0.29, 0.717) is 18.8 Å². The smallest absolute Gasteiger partial charge is 0.242 e. The average Bonchev–Trinajstić information content (AvgIpc) is 2.98. The zero-order chi connectivity index (χ0) is 14.1. The number of aryl methyl sites for hydroxylation is 1. The molecular formula is C14H14FN3OS. The van der Waals surface area contributed by atoms with Crippen molar-refractivity contribution >= 4 is 16.3 Å². The zero-order valence-corrected chi connectivity index (χ0v) is 11.8. The Bertz CT molecular complexity index is 750. The van der Waals surface area contributed by atoms with Gasteiger partial charge < -0.3 is 10.5 Å². The summed E-state index contributed by atoms with van der Waals surface area (Å²) >= 11 is 1.50. The number of nitrogens with zero attached hydrogens (tertiary/aromatic N) is 2. The first-order valence-corrected chi connectivity index (χ1v) is 7.15. The molecule has 0 saturated carbocycles. The van der Waals surface area contributed by atoms with Crippen LogP contribution < -0.4 is 10.5 Å². The highest BCUT2D eigenvalue weighted by Crippen LogP contribution is 2.30. The number of rotatable bonds is 4. The molecule has 1 aromatic carbocycles. The molecule has 2 heterocycles. The normalized spacial score (nSPS) is 11.2. The number of aromatic nitrogens is 2. The lowest BCUT2D eigenvalue weighted by molar-refractivity contribution is 0.424. The summed E-state index contributed by atoms with van der Waals surface area (Å²) in [6.07, 6.45) is 2.54. The molecule has 3 aromatic rings. The van der Waals surface area contributed by atoms with E-state index in [1.165, 1.54) is 17.4 Å². The van der Waals surface area contributed by atoms with E-state index < -0.39 is 5.82 Å². The molecule has 104 valence electrons. The molecule has 0 saturated heterocycles. The largest absolute Gasteiger partial charge is 0.434 e. The van der Waals surface area contributed by atoms with Gasteiger partial charge in [-0.3, -0.25) is 4.40 Å². The number of hydrogen-bond donors (Lipinski definition) is 1. The maximum Gasteiger partial charge on any atom is 0.242 e. The fourth-order valence-electron chi connectivity index (χ4n) is 2.05. The minimum absolute atomic E-state index is 0.189. The molecule has 20 heavy (non-hydrogen) atoms. The summed E-state index contributed by atoms with van der Waals surface area (Å²) in [5, 5.41) is 1.94. The van der Waals surface area contributed by atoms with Gasteiger partial charge in [0.2, 0.25) is 5.88 Å². The van der Waals surface area contributed by atoms with E-state index in [-0.39, 0.29) is 5.75 Å². The van der Waals surface area contributed by atoms with Crippen molar-refractivity contribution in [3.05, 3.63) is 46.9 Å². The monoisotopic (exact) mass is 291 g/mol. The summed E-state index contributed by atoms with van der Waals surface area (Å²) in [5.41, 5.74) is 7.43. The lowest BCUT2D eigenvalue weighted by Gasteiger charge is -2.07. The molecule has 0 fully saturated rings. The number of benzene rings is 1. The molecular weight excluding hydrogens is 277 g/mol. The van der Waals surface area contributed by atoms with Crippen molar-refractivity contribution in [3.63, 3.8) is 0 Å². The van der Waals surface area contributed by atoms with E-state index in [9.17, 15) is 4.39 Å². The fourth-order valence-corrected chi connectivity index (χ4v) is 2.78. The molecule has 2 aromatic heterocycles. The van der Waals surface area contributed by atoms with Crippen molar-refractivity contribution < 1.29 is 9.13 Å². The Balaban J connectivity index is 2.03. The summed E-state index contributed by atoms with van der Waals surface area (Å²) in [5.74, 6) is 0.214.